The van der Waals surface area contributed by atoms with E-state index in [1.165, 1.54) is 15.6 Å². The Morgan fingerprint density at radius 2 is 2.13 bits per heavy atom. The summed E-state index contributed by atoms with van der Waals surface area (Å²) in [4.78, 5) is 25.1. The lowest BCUT2D eigenvalue weighted by Crippen LogP contribution is -2.36. The van der Waals surface area contributed by atoms with Crippen LogP contribution in [-0.2, 0) is 16.0 Å². The highest BCUT2D eigenvalue weighted by molar-refractivity contribution is 5.67. The first-order valence-corrected chi connectivity index (χ1v) is 7.47. The van der Waals surface area contributed by atoms with Crippen molar-refractivity contribution in [2.24, 2.45) is 0 Å². The number of nitrogens with zero attached hydrogens (tertiary/aromatic N) is 3. The molecule has 1 rings (SSSR count). The van der Waals surface area contributed by atoms with Gasteiger partial charge in [0.1, 0.15) is 5.60 Å². The first kappa shape index (κ1) is 19.0. The first-order valence-electron chi connectivity index (χ1n) is 7.47. The molecule has 23 heavy (non-hydrogen) atoms. The Morgan fingerprint density at radius 3 is 2.70 bits per heavy atom. The summed E-state index contributed by atoms with van der Waals surface area (Å²) in [6, 6.07) is 1.47. The molecule has 0 aliphatic heterocycles. The van der Waals surface area contributed by atoms with Gasteiger partial charge in [-0.15, -0.1) is 0 Å². The number of amides is 1. The summed E-state index contributed by atoms with van der Waals surface area (Å²) >= 11 is 0. The molecule has 1 heterocycles. The van der Waals surface area contributed by atoms with Crippen LogP contribution in [0.3, 0.4) is 0 Å². The summed E-state index contributed by atoms with van der Waals surface area (Å²) in [5, 5.41) is 7.11. The van der Waals surface area contributed by atoms with Crippen LogP contribution in [0, 0.1) is 0 Å². The van der Waals surface area contributed by atoms with Gasteiger partial charge in [0.15, 0.2) is 0 Å². The molecule has 1 aromatic heterocycles. The van der Waals surface area contributed by atoms with Crippen LogP contribution in [0.15, 0.2) is 17.1 Å². The number of hydrogen-bond donors (Lipinski definition) is 1. The molecule has 0 saturated carbocycles. The highest BCUT2D eigenvalue weighted by Gasteiger charge is 2.19. The summed E-state index contributed by atoms with van der Waals surface area (Å²) in [5.74, 6) is 0. The van der Waals surface area contributed by atoms with Gasteiger partial charge in [0.05, 0.1) is 25.0 Å². The lowest BCUT2D eigenvalue weighted by atomic mass is 10.2. The van der Waals surface area contributed by atoms with Crippen LogP contribution in [0.1, 0.15) is 20.8 Å². The molecule has 0 bridgehead atoms. The number of carbonyl (C=O) groups is 1. The molecule has 0 radical (unpaired) electrons. The third kappa shape index (κ3) is 7.14. The maximum absolute atomic E-state index is 11.8. The fourth-order valence-corrected chi connectivity index (χ4v) is 1.68. The van der Waals surface area contributed by atoms with Crippen LogP contribution < -0.4 is 10.9 Å². The van der Waals surface area contributed by atoms with Gasteiger partial charge >= 0.3 is 6.09 Å². The Balaban J connectivity index is 2.45. The number of nitrogens with one attached hydrogen (secondary N) is 1. The van der Waals surface area contributed by atoms with Gasteiger partial charge in [-0.3, -0.25) is 4.79 Å². The second-order valence-corrected chi connectivity index (χ2v) is 6.13. The quantitative estimate of drug-likeness (QED) is 0.809. The number of likely N-dealkylation sites (N-methyl/N-ethyl adjacent to an activating group) is 1. The summed E-state index contributed by atoms with van der Waals surface area (Å²) in [6.07, 6.45) is 1.19. The Labute approximate surface area is 136 Å². The number of rotatable bonds is 7. The van der Waals surface area contributed by atoms with Gasteiger partial charge in [0.25, 0.3) is 5.56 Å². The molecule has 130 valence electrons. The molecule has 0 spiro atoms. The van der Waals surface area contributed by atoms with E-state index in [9.17, 15) is 9.59 Å². The van der Waals surface area contributed by atoms with Crippen LogP contribution in [0.25, 0.3) is 0 Å². The molecule has 0 aliphatic carbocycles. The zero-order chi connectivity index (χ0) is 17.5. The Kier molecular flexibility index (Phi) is 7.02. The van der Waals surface area contributed by atoms with Crippen LogP contribution in [0.5, 0.6) is 0 Å². The van der Waals surface area contributed by atoms with E-state index in [1.807, 2.05) is 20.8 Å². The number of ether oxygens (including phenoxy) is 2. The van der Waals surface area contributed by atoms with Crippen molar-refractivity contribution in [1.82, 2.24) is 14.7 Å². The molecule has 0 aromatic carbocycles. The van der Waals surface area contributed by atoms with E-state index in [-0.39, 0.29) is 11.7 Å². The number of aromatic nitrogens is 2. The minimum Gasteiger partial charge on any atom is -0.444 e. The van der Waals surface area contributed by atoms with E-state index in [0.29, 0.717) is 31.9 Å². The van der Waals surface area contributed by atoms with Crippen molar-refractivity contribution in [3.63, 3.8) is 0 Å². The Hall–Kier alpha value is -2.09. The zero-order valence-electron chi connectivity index (χ0n) is 14.5. The van der Waals surface area contributed by atoms with E-state index in [1.54, 1.807) is 20.4 Å². The number of anilines is 1. The van der Waals surface area contributed by atoms with Gasteiger partial charge in [0.2, 0.25) is 0 Å². The van der Waals surface area contributed by atoms with Gasteiger partial charge < -0.3 is 19.7 Å². The third-order valence-electron chi connectivity index (χ3n) is 2.86. The largest absolute Gasteiger partial charge is 0.444 e. The van der Waals surface area contributed by atoms with Crippen LogP contribution in [0.2, 0.25) is 0 Å². The SMILES string of the molecule is COCCn1ncc(NCCN(C)C(=O)OC(C)(C)C)cc1=O. The second-order valence-electron chi connectivity index (χ2n) is 6.13. The number of carbonyl (C=O) groups excluding carboxylic acids is 1. The maximum Gasteiger partial charge on any atom is 0.410 e. The van der Waals surface area contributed by atoms with Gasteiger partial charge in [-0.1, -0.05) is 0 Å². The fourth-order valence-electron chi connectivity index (χ4n) is 1.68. The first-order chi connectivity index (χ1) is 10.7. The summed E-state index contributed by atoms with van der Waals surface area (Å²) in [5.41, 5.74) is -0.108. The summed E-state index contributed by atoms with van der Waals surface area (Å²) in [7, 11) is 3.23. The molecular formula is C15H26N4O4. The standard InChI is InChI=1S/C15H26N4O4/c1-15(2,3)23-14(21)18(4)7-6-16-12-10-13(20)19(17-11-12)8-9-22-5/h10-11,16H,6-9H2,1-5H3. The van der Waals surface area contributed by atoms with E-state index in [4.69, 9.17) is 9.47 Å². The van der Waals surface area contributed by atoms with Crippen molar-refractivity contribution in [2.75, 3.05) is 39.2 Å². The van der Waals surface area contributed by atoms with Crippen molar-refractivity contribution in [3.8, 4) is 0 Å². The lowest BCUT2D eigenvalue weighted by Gasteiger charge is -2.24. The summed E-state index contributed by atoms with van der Waals surface area (Å²) in [6.45, 7) is 7.24. The maximum atomic E-state index is 11.8. The fraction of sp³-hybridized carbons (Fsp3) is 0.667. The zero-order valence-corrected chi connectivity index (χ0v) is 14.5. The van der Waals surface area contributed by atoms with Gasteiger partial charge in [-0.05, 0) is 20.8 Å². The molecule has 0 aliphatic rings. The molecule has 1 aromatic rings. The van der Waals surface area contributed by atoms with Crippen molar-refractivity contribution in [3.05, 3.63) is 22.6 Å². The molecule has 0 fully saturated rings. The summed E-state index contributed by atoms with van der Waals surface area (Å²) < 4.78 is 11.5. The highest BCUT2D eigenvalue weighted by Crippen LogP contribution is 2.09. The molecule has 0 atom stereocenters. The van der Waals surface area contributed by atoms with Crippen molar-refractivity contribution in [2.45, 2.75) is 32.9 Å². The molecule has 1 amide bonds. The van der Waals surface area contributed by atoms with Crippen LogP contribution in [-0.4, -0.2) is 60.2 Å². The van der Waals surface area contributed by atoms with Gasteiger partial charge in [-0.2, -0.15) is 5.10 Å². The molecular weight excluding hydrogens is 300 g/mol. The average Bonchev–Trinajstić information content (AvgIpc) is 2.44. The van der Waals surface area contributed by atoms with Gasteiger partial charge in [-0.25, -0.2) is 9.48 Å². The topological polar surface area (TPSA) is 85.7 Å². The normalized spacial score (nSPS) is 11.2. The van der Waals surface area contributed by atoms with E-state index in [2.05, 4.69) is 10.4 Å². The molecule has 8 nitrogen and oxygen atoms in total. The van der Waals surface area contributed by atoms with Gasteiger partial charge in [0, 0.05) is 33.3 Å². The lowest BCUT2D eigenvalue weighted by molar-refractivity contribution is 0.0305. The molecule has 8 heteroatoms. The minimum absolute atomic E-state index is 0.201. The van der Waals surface area contributed by atoms with Crippen LogP contribution >= 0.6 is 0 Å². The van der Waals surface area contributed by atoms with E-state index >= 15 is 0 Å². The average molecular weight is 326 g/mol. The second kappa shape index (κ2) is 8.52. The van der Waals surface area contributed by atoms with Crippen molar-refractivity contribution < 1.29 is 14.3 Å². The number of hydrogen-bond acceptors (Lipinski definition) is 6. The Bertz CT molecular complexity index is 565. The molecule has 1 N–H and O–H groups in total. The predicted molar refractivity (Wildman–Crippen MR) is 87.7 cm³/mol. The monoisotopic (exact) mass is 326 g/mol. The third-order valence-corrected chi connectivity index (χ3v) is 2.86. The van der Waals surface area contributed by atoms with Crippen molar-refractivity contribution in [1.29, 1.82) is 0 Å². The minimum atomic E-state index is -0.518. The Morgan fingerprint density at radius 1 is 1.43 bits per heavy atom. The molecule has 0 saturated heterocycles. The number of methoxy groups -OCH3 is 1. The van der Waals surface area contributed by atoms with Crippen molar-refractivity contribution >= 4 is 11.8 Å². The molecule has 0 unspecified atom stereocenters. The predicted octanol–water partition coefficient (Wildman–Crippen LogP) is 1.17. The van der Waals surface area contributed by atoms with E-state index < -0.39 is 5.60 Å². The van der Waals surface area contributed by atoms with E-state index in [0.717, 1.165) is 0 Å². The smallest absolute Gasteiger partial charge is 0.410 e. The van der Waals surface area contributed by atoms with Crippen LogP contribution in [0.4, 0.5) is 10.5 Å². The highest BCUT2D eigenvalue weighted by atomic mass is 16.6.